The Bertz CT molecular complexity index is 829. The van der Waals surface area contributed by atoms with Crippen molar-refractivity contribution in [2.75, 3.05) is 58.1 Å². The maximum absolute atomic E-state index is 12.6. The molecule has 2 heterocycles. The smallest absolute Gasteiger partial charge is 0.257 e. The summed E-state index contributed by atoms with van der Waals surface area (Å²) in [5, 5.41) is 4.08. The highest BCUT2D eigenvalue weighted by Gasteiger charge is 2.14. The van der Waals surface area contributed by atoms with Gasteiger partial charge in [0.15, 0.2) is 0 Å². The fourth-order valence-corrected chi connectivity index (χ4v) is 3.95. The highest BCUT2D eigenvalue weighted by molar-refractivity contribution is 7.99. The van der Waals surface area contributed by atoms with Crippen LogP contribution in [-0.2, 0) is 4.74 Å². The fraction of sp³-hybridized carbons (Fsp3) is 0.400. The second-order valence-corrected chi connectivity index (χ2v) is 7.85. The van der Waals surface area contributed by atoms with Gasteiger partial charge in [0.1, 0.15) is 11.5 Å². The number of hydrogen-bond acceptors (Lipinski definition) is 7. The summed E-state index contributed by atoms with van der Waals surface area (Å²) in [4.78, 5) is 19.3. The molecule has 0 saturated carbocycles. The molecule has 1 saturated heterocycles. The minimum absolute atomic E-state index is 0.290. The number of halogens is 1. The van der Waals surface area contributed by atoms with Crippen LogP contribution in [0.1, 0.15) is 10.4 Å². The largest absolute Gasteiger partial charge is 0.495 e. The molecule has 156 valence electrons. The molecular weight excluding hydrogens is 414 g/mol. The van der Waals surface area contributed by atoms with Crippen molar-refractivity contribution in [2.45, 2.75) is 5.03 Å². The minimum atomic E-state index is -0.290. The number of pyridine rings is 1. The summed E-state index contributed by atoms with van der Waals surface area (Å²) >= 11 is 7.83. The van der Waals surface area contributed by atoms with Crippen LogP contribution in [0.2, 0.25) is 5.02 Å². The molecule has 0 spiro atoms. The number of nitrogens with one attached hydrogen (secondary N) is 1. The topological polar surface area (TPSA) is 72.9 Å². The average Bonchev–Trinajstić information content (AvgIpc) is 2.75. The Balaban J connectivity index is 1.57. The molecular formula is C20H24ClN3O4S. The number of hydrogen-bond donors (Lipinski definition) is 1. The number of carbonyl (C=O) groups excluding carboxylic acids is 1. The Morgan fingerprint density at radius 2 is 2.00 bits per heavy atom. The number of carbonyl (C=O) groups is 1. The summed E-state index contributed by atoms with van der Waals surface area (Å²) in [6, 6.07) is 6.85. The molecule has 9 heteroatoms. The molecule has 1 amide bonds. The highest BCUT2D eigenvalue weighted by atomic mass is 35.5. The van der Waals surface area contributed by atoms with Crippen molar-refractivity contribution in [3.05, 3.63) is 41.0 Å². The van der Waals surface area contributed by atoms with E-state index >= 15 is 0 Å². The lowest BCUT2D eigenvalue weighted by molar-refractivity contribution is 0.0410. The van der Waals surface area contributed by atoms with Crippen LogP contribution in [0, 0.1) is 0 Å². The van der Waals surface area contributed by atoms with Crippen molar-refractivity contribution in [1.29, 1.82) is 0 Å². The van der Waals surface area contributed by atoms with Crippen molar-refractivity contribution in [1.82, 2.24) is 9.88 Å². The summed E-state index contributed by atoms with van der Waals surface area (Å²) in [6.07, 6.45) is 1.57. The Hall–Kier alpha value is -2.00. The number of nitrogens with zero attached hydrogens (tertiary/aromatic N) is 2. The quantitative estimate of drug-likeness (QED) is 0.634. The molecule has 29 heavy (non-hydrogen) atoms. The zero-order chi connectivity index (χ0) is 20.6. The number of methoxy groups -OCH3 is 2. The summed E-state index contributed by atoms with van der Waals surface area (Å²) in [5.41, 5.74) is 0.920. The summed E-state index contributed by atoms with van der Waals surface area (Å²) in [5.74, 6) is 1.59. The van der Waals surface area contributed by atoms with Gasteiger partial charge in [-0.3, -0.25) is 9.69 Å². The van der Waals surface area contributed by atoms with Crippen molar-refractivity contribution in [2.24, 2.45) is 0 Å². The zero-order valence-corrected chi connectivity index (χ0v) is 18.0. The van der Waals surface area contributed by atoms with Crippen molar-refractivity contribution in [3.8, 4) is 11.5 Å². The van der Waals surface area contributed by atoms with Crippen LogP contribution in [0.15, 0.2) is 35.5 Å². The third kappa shape index (κ3) is 5.99. The molecule has 0 atom stereocenters. The molecule has 0 bridgehead atoms. The van der Waals surface area contributed by atoms with E-state index in [0.717, 1.165) is 43.6 Å². The van der Waals surface area contributed by atoms with Gasteiger partial charge in [-0.05, 0) is 18.2 Å². The van der Waals surface area contributed by atoms with Crippen LogP contribution in [0.3, 0.4) is 0 Å². The number of rotatable bonds is 8. The van der Waals surface area contributed by atoms with Gasteiger partial charge in [-0.15, -0.1) is 11.8 Å². The van der Waals surface area contributed by atoms with Crippen LogP contribution >= 0.6 is 23.4 Å². The Morgan fingerprint density at radius 3 is 2.66 bits per heavy atom. The lowest BCUT2D eigenvalue weighted by Gasteiger charge is -2.26. The van der Waals surface area contributed by atoms with Crippen LogP contribution in [0.25, 0.3) is 0 Å². The molecule has 1 aromatic carbocycles. The maximum Gasteiger partial charge on any atom is 0.257 e. The predicted octanol–water partition coefficient (Wildman–Crippen LogP) is 3.43. The second kappa shape index (κ2) is 10.7. The molecule has 3 rings (SSSR count). The van der Waals surface area contributed by atoms with E-state index in [1.165, 1.54) is 14.2 Å². The van der Waals surface area contributed by atoms with Gasteiger partial charge < -0.3 is 19.5 Å². The molecule has 7 nitrogen and oxygen atoms in total. The lowest BCUT2D eigenvalue weighted by atomic mass is 10.2. The van der Waals surface area contributed by atoms with E-state index in [-0.39, 0.29) is 5.91 Å². The van der Waals surface area contributed by atoms with Crippen LogP contribution in [0.4, 0.5) is 5.69 Å². The van der Waals surface area contributed by atoms with Crippen molar-refractivity contribution >= 4 is 35.0 Å². The number of anilines is 1. The third-order valence-electron chi connectivity index (χ3n) is 4.48. The Morgan fingerprint density at radius 1 is 1.24 bits per heavy atom. The normalized spacial score (nSPS) is 14.4. The second-order valence-electron chi connectivity index (χ2n) is 6.33. The van der Waals surface area contributed by atoms with Gasteiger partial charge in [-0.1, -0.05) is 11.6 Å². The van der Waals surface area contributed by atoms with E-state index in [4.69, 9.17) is 25.8 Å². The van der Waals surface area contributed by atoms with Gasteiger partial charge in [-0.25, -0.2) is 4.98 Å². The van der Waals surface area contributed by atoms with Crippen molar-refractivity contribution < 1.29 is 19.0 Å². The van der Waals surface area contributed by atoms with Gasteiger partial charge in [-0.2, -0.15) is 0 Å². The van der Waals surface area contributed by atoms with E-state index in [2.05, 4.69) is 15.2 Å². The first-order valence-electron chi connectivity index (χ1n) is 9.22. The highest BCUT2D eigenvalue weighted by Crippen LogP contribution is 2.36. The zero-order valence-electron chi connectivity index (χ0n) is 16.4. The summed E-state index contributed by atoms with van der Waals surface area (Å²) < 4.78 is 15.8. The number of benzene rings is 1. The molecule has 1 aromatic heterocycles. The van der Waals surface area contributed by atoms with E-state index in [9.17, 15) is 4.79 Å². The van der Waals surface area contributed by atoms with Gasteiger partial charge >= 0.3 is 0 Å². The molecule has 1 fully saturated rings. The first kappa shape index (κ1) is 21.7. The predicted molar refractivity (Wildman–Crippen MR) is 115 cm³/mol. The van der Waals surface area contributed by atoms with E-state index in [1.54, 1.807) is 36.2 Å². The Kier molecular flexibility index (Phi) is 8.00. The maximum atomic E-state index is 12.6. The lowest BCUT2D eigenvalue weighted by Crippen LogP contribution is -2.37. The van der Waals surface area contributed by atoms with Gasteiger partial charge in [0.2, 0.25) is 0 Å². The van der Waals surface area contributed by atoms with Gasteiger partial charge in [0.05, 0.1) is 48.7 Å². The van der Waals surface area contributed by atoms with Crippen molar-refractivity contribution in [3.63, 3.8) is 0 Å². The molecule has 0 unspecified atom stereocenters. The summed E-state index contributed by atoms with van der Waals surface area (Å²) in [6.45, 7) is 4.56. The standard InChI is InChI=1S/C20H24ClN3O4S/c1-26-17-12-18(27-2)16(11-15(17)21)23-20(25)14-3-4-19(22-13-14)29-10-7-24-5-8-28-9-6-24/h3-4,11-13H,5-10H2,1-2H3,(H,23,25). The molecule has 0 radical (unpaired) electrons. The molecule has 1 aliphatic heterocycles. The first-order valence-corrected chi connectivity index (χ1v) is 10.6. The molecule has 1 aliphatic rings. The van der Waals surface area contributed by atoms with Crippen LogP contribution in [-0.4, -0.2) is 68.6 Å². The number of amides is 1. The number of ether oxygens (including phenoxy) is 3. The Labute approximate surface area is 179 Å². The summed E-state index contributed by atoms with van der Waals surface area (Å²) in [7, 11) is 3.04. The SMILES string of the molecule is COc1cc(OC)c(NC(=O)c2ccc(SCCN3CCOCC3)nc2)cc1Cl. The van der Waals surface area contributed by atoms with E-state index in [0.29, 0.717) is 27.8 Å². The van der Waals surface area contributed by atoms with Crippen LogP contribution in [0.5, 0.6) is 11.5 Å². The van der Waals surface area contributed by atoms with Gasteiger partial charge in [0.25, 0.3) is 5.91 Å². The fourth-order valence-electron chi connectivity index (χ4n) is 2.86. The van der Waals surface area contributed by atoms with Gasteiger partial charge in [0, 0.05) is 37.7 Å². The third-order valence-corrected chi connectivity index (χ3v) is 5.70. The van der Waals surface area contributed by atoms with E-state index < -0.39 is 0 Å². The molecule has 1 N–H and O–H groups in total. The number of thioether (sulfide) groups is 1. The first-order chi connectivity index (χ1) is 14.1. The molecule has 2 aromatic rings. The molecule has 0 aliphatic carbocycles. The van der Waals surface area contributed by atoms with Crippen LogP contribution < -0.4 is 14.8 Å². The number of morpholine rings is 1. The van der Waals surface area contributed by atoms with E-state index in [1.807, 2.05) is 6.07 Å². The monoisotopic (exact) mass is 437 g/mol. The average molecular weight is 438 g/mol. The number of aromatic nitrogens is 1. The minimum Gasteiger partial charge on any atom is -0.495 e.